The Morgan fingerprint density at radius 3 is 2.68 bits per heavy atom. The number of fused-ring (bicyclic) bond motifs is 1. The van der Waals surface area contributed by atoms with Crippen molar-refractivity contribution in [2.45, 2.75) is 25.9 Å². The van der Waals surface area contributed by atoms with Gasteiger partial charge in [0.1, 0.15) is 17.3 Å². The fraction of sp³-hybridized carbons (Fsp3) is 0.375. The molecule has 0 radical (unpaired) electrons. The molecule has 0 saturated carbocycles. The fourth-order valence-electron chi connectivity index (χ4n) is 4.20. The predicted octanol–water partition coefficient (Wildman–Crippen LogP) is 3.35. The number of carbonyl (C=O) groups excluding carboxylic acids is 2. The number of aromatic nitrogens is 2. The highest BCUT2D eigenvalue weighted by atomic mass is 19.1. The van der Waals surface area contributed by atoms with Crippen LogP contribution in [0.2, 0.25) is 0 Å². The molecule has 3 aromatic rings. The van der Waals surface area contributed by atoms with Gasteiger partial charge in [-0.2, -0.15) is 0 Å². The summed E-state index contributed by atoms with van der Waals surface area (Å²) in [6, 6.07) is 5.68. The first-order valence-electron chi connectivity index (χ1n) is 11.0. The zero-order valence-corrected chi connectivity index (χ0v) is 19.2. The van der Waals surface area contributed by atoms with Crippen LogP contribution in [0.5, 0.6) is 0 Å². The maximum absolute atomic E-state index is 15.2. The number of hydrogen-bond acceptors (Lipinski definition) is 5. The van der Waals surface area contributed by atoms with Crippen molar-refractivity contribution >= 4 is 17.6 Å². The number of amides is 2. The standard InChI is InChI=1S/C24H26F2N4O4/c1-14-5-7-30-19(12-16-13-29(24(32)33-3)6-4-8-34-16)22(28-20(30)9-14)21-17(25)10-15(11-18(21)26)23(31)27-2/h5,7,9-11,16H,4,6,8,12-13H2,1-3H3,(H,27,31)/t16-/m1/s1. The topological polar surface area (TPSA) is 85.2 Å². The third kappa shape index (κ3) is 4.58. The van der Waals surface area contributed by atoms with Gasteiger partial charge >= 0.3 is 6.09 Å². The van der Waals surface area contributed by atoms with Crippen molar-refractivity contribution in [2.24, 2.45) is 0 Å². The predicted molar refractivity (Wildman–Crippen MR) is 121 cm³/mol. The molecule has 2 aromatic heterocycles. The number of rotatable bonds is 4. The number of aryl methyl sites for hydroxylation is 1. The molecule has 0 unspecified atom stereocenters. The van der Waals surface area contributed by atoms with E-state index in [0.717, 1.165) is 17.7 Å². The molecule has 1 aromatic carbocycles. The Balaban J connectivity index is 1.80. The molecule has 1 aliphatic rings. The van der Waals surface area contributed by atoms with Gasteiger partial charge in [0.15, 0.2) is 0 Å². The van der Waals surface area contributed by atoms with Crippen LogP contribution in [0.1, 0.15) is 28.0 Å². The summed E-state index contributed by atoms with van der Waals surface area (Å²) < 4.78 is 42.9. The van der Waals surface area contributed by atoms with E-state index in [2.05, 4.69) is 10.3 Å². The Morgan fingerprint density at radius 2 is 2.00 bits per heavy atom. The van der Waals surface area contributed by atoms with E-state index in [-0.39, 0.29) is 29.8 Å². The first-order chi connectivity index (χ1) is 16.3. The smallest absolute Gasteiger partial charge is 0.409 e. The van der Waals surface area contributed by atoms with Crippen molar-refractivity contribution in [3.63, 3.8) is 0 Å². The second-order valence-corrected chi connectivity index (χ2v) is 8.20. The number of hydrogen-bond donors (Lipinski definition) is 1. The molecule has 1 fully saturated rings. The Bertz CT molecular complexity index is 1220. The average Bonchev–Trinajstić information content (AvgIpc) is 2.98. The zero-order valence-electron chi connectivity index (χ0n) is 19.2. The highest BCUT2D eigenvalue weighted by molar-refractivity contribution is 5.94. The molecule has 10 heteroatoms. The number of nitrogens with zero attached hydrogens (tertiary/aromatic N) is 3. The van der Waals surface area contributed by atoms with Gasteiger partial charge in [-0.3, -0.25) is 4.79 Å². The highest BCUT2D eigenvalue weighted by Gasteiger charge is 2.28. The van der Waals surface area contributed by atoms with E-state index in [1.165, 1.54) is 14.2 Å². The molecule has 0 bridgehead atoms. The molecular weight excluding hydrogens is 446 g/mol. The average molecular weight is 472 g/mol. The number of pyridine rings is 1. The number of carbonyl (C=O) groups is 2. The largest absolute Gasteiger partial charge is 0.453 e. The van der Waals surface area contributed by atoms with E-state index >= 15 is 8.78 Å². The van der Waals surface area contributed by atoms with Crippen molar-refractivity contribution in [3.05, 3.63) is 58.9 Å². The maximum atomic E-state index is 15.2. The molecule has 180 valence electrons. The van der Waals surface area contributed by atoms with E-state index in [4.69, 9.17) is 9.47 Å². The van der Waals surface area contributed by atoms with Crippen molar-refractivity contribution in [3.8, 4) is 11.3 Å². The quantitative estimate of drug-likeness (QED) is 0.630. The van der Waals surface area contributed by atoms with E-state index < -0.39 is 29.7 Å². The van der Waals surface area contributed by atoms with Crippen LogP contribution in [0.3, 0.4) is 0 Å². The van der Waals surface area contributed by atoms with Crippen LogP contribution in [0.4, 0.5) is 13.6 Å². The minimum absolute atomic E-state index is 0.122. The monoisotopic (exact) mass is 472 g/mol. The van der Waals surface area contributed by atoms with Crippen LogP contribution < -0.4 is 5.32 Å². The molecule has 1 aliphatic heterocycles. The SMILES string of the molecule is CNC(=O)c1cc(F)c(-c2nc3cc(C)ccn3c2C[C@@H]2CN(C(=O)OC)CCCO2)c(F)c1. The van der Waals surface area contributed by atoms with Crippen LogP contribution in [0, 0.1) is 18.6 Å². The third-order valence-electron chi connectivity index (χ3n) is 5.85. The molecular formula is C24H26F2N4O4. The summed E-state index contributed by atoms with van der Waals surface area (Å²) in [5, 5.41) is 2.36. The number of ether oxygens (including phenoxy) is 2. The summed E-state index contributed by atoms with van der Waals surface area (Å²) >= 11 is 0. The van der Waals surface area contributed by atoms with Crippen LogP contribution in [0.15, 0.2) is 30.5 Å². The summed E-state index contributed by atoms with van der Waals surface area (Å²) in [6.07, 6.45) is 1.81. The molecule has 4 rings (SSSR count). The number of benzene rings is 1. The van der Waals surface area contributed by atoms with Crippen molar-refractivity contribution in [1.29, 1.82) is 0 Å². The fourth-order valence-corrected chi connectivity index (χ4v) is 4.20. The lowest BCUT2D eigenvalue weighted by Crippen LogP contribution is -2.37. The van der Waals surface area contributed by atoms with Crippen molar-refractivity contribution in [1.82, 2.24) is 19.6 Å². The lowest BCUT2D eigenvalue weighted by Gasteiger charge is -2.23. The first-order valence-corrected chi connectivity index (χ1v) is 11.0. The van der Waals surface area contributed by atoms with E-state index in [1.54, 1.807) is 15.5 Å². The number of nitrogens with one attached hydrogen (secondary N) is 1. The minimum atomic E-state index is -0.891. The summed E-state index contributed by atoms with van der Waals surface area (Å²) in [5.74, 6) is -2.37. The summed E-state index contributed by atoms with van der Waals surface area (Å²) in [5.41, 5.74) is 1.69. The first kappa shape index (κ1) is 23.6. The number of methoxy groups -OCH3 is 1. The normalized spacial score (nSPS) is 16.4. The van der Waals surface area contributed by atoms with Gasteiger partial charge in [0, 0.05) is 38.4 Å². The molecule has 0 aliphatic carbocycles. The van der Waals surface area contributed by atoms with E-state index in [1.807, 2.05) is 19.1 Å². The van der Waals surface area contributed by atoms with Crippen molar-refractivity contribution in [2.75, 3.05) is 33.9 Å². The minimum Gasteiger partial charge on any atom is -0.453 e. The molecule has 34 heavy (non-hydrogen) atoms. The van der Waals surface area contributed by atoms with Crippen molar-refractivity contribution < 1.29 is 27.8 Å². The molecule has 3 heterocycles. The van der Waals surface area contributed by atoms with Gasteiger partial charge < -0.3 is 24.1 Å². The van der Waals surface area contributed by atoms with E-state index in [9.17, 15) is 9.59 Å². The molecule has 1 atom stereocenters. The Morgan fingerprint density at radius 1 is 1.26 bits per heavy atom. The van der Waals surface area contributed by atoms with Gasteiger partial charge in [-0.25, -0.2) is 18.6 Å². The summed E-state index contributed by atoms with van der Waals surface area (Å²) in [6.45, 7) is 3.10. The zero-order chi connectivity index (χ0) is 24.4. The van der Waals surface area contributed by atoms with Gasteiger partial charge in [0.05, 0.1) is 36.7 Å². The molecule has 1 saturated heterocycles. The van der Waals surface area contributed by atoms with E-state index in [0.29, 0.717) is 30.9 Å². The number of imidazole rings is 1. The Labute approximate surface area is 195 Å². The molecule has 0 spiro atoms. The third-order valence-corrected chi connectivity index (χ3v) is 5.85. The number of halogens is 2. The van der Waals surface area contributed by atoms with Crippen LogP contribution in [-0.4, -0.2) is 66.2 Å². The second kappa shape index (κ2) is 9.76. The highest BCUT2D eigenvalue weighted by Crippen LogP contribution is 2.32. The lowest BCUT2D eigenvalue weighted by molar-refractivity contribution is 0.0514. The second-order valence-electron chi connectivity index (χ2n) is 8.20. The summed E-state index contributed by atoms with van der Waals surface area (Å²) in [4.78, 5) is 30.1. The Hall–Kier alpha value is -3.53. The Kier molecular flexibility index (Phi) is 6.78. The molecule has 8 nitrogen and oxygen atoms in total. The van der Waals surface area contributed by atoms with Crippen LogP contribution >= 0.6 is 0 Å². The van der Waals surface area contributed by atoms with Gasteiger partial charge in [-0.15, -0.1) is 0 Å². The summed E-state index contributed by atoms with van der Waals surface area (Å²) in [7, 11) is 2.71. The van der Waals surface area contributed by atoms with Gasteiger partial charge in [-0.05, 0) is 43.2 Å². The van der Waals surface area contributed by atoms with Gasteiger partial charge in [0.2, 0.25) is 0 Å². The van der Waals surface area contributed by atoms with Gasteiger partial charge in [-0.1, -0.05) is 0 Å². The lowest BCUT2D eigenvalue weighted by atomic mass is 10.0. The van der Waals surface area contributed by atoms with Gasteiger partial charge in [0.25, 0.3) is 5.91 Å². The van der Waals surface area contributed by atoms with Crippen LogP contribution in [-0.2, 0) is 15.9 Å². The van der Waals surface area contributed by atoms with Crippen LogP contribution in [0.25, 0.3) is 16.9 Å². The maximum Gasteiger partial charge on any atom is 0.409 e. The molecule has 1 N–H and O–H groups in total. The molecule has 2 amide bonds.